The second-order valence-corrected chi connectivity index (χ2v) is 5.91. The number of benzene rings is 2. The van der Waals surface area contributed by atoms with Crippen LogP contribution in [0.1, 0.15) is 24.0 Å². The highest BCUT2D eigenvalue weighted by atomic mass is 16.1. The SMILES string of the molecule is O=C(C=Cc1ccccc1)Nc1ccc(CN2CCCC2)cc1. The van der Waals surface area contributed by atoms with E-state index >= 15 is 0 Å². The van der Waals surface area contributed by atoms with Crippen molar-refractivity contribution in [2.75, 3.05) is 18.4 Å². The molecule has 3 heteroatoms. The number of hydrogen-bond donors (Lipinski definition) is 1. The predicted molar refractivity (Wildman–Crippen MR) is 95.1 cm³/mol. The number of nitrogens with one attached hydrogen (secondary N) is 1. The van der Waals surface area contributed by atoms with Crippen LogP contribution in [0.5, 0.6) is 0 Å². The van der Waals surface area contributed by atoms with Gasteiger partial charge in [-0.25, -0.2) is 0 Å². The minimum absolute atomic E-state index is 0.110. The first-order chi connectivity index (χ1) is 11.3. The lowest BCUT2D eigenvalue weighted by Crippen LogP contribution is -2.18. The maximum atomic E-state index is 11.9. The van der Waals surface area contributed by atoms with Crippen LogP contribution in [0.4, 0.5) is 5.69 Å². The van der Waals surface area contributed by atoms with Gasteiger partial charge in [0.2, 0.25) is 5.91 Å². The second-order valence-electron chi connectivity index (χ2n) is 5.91. The summed E-state index contributed by atoms with van der Waals surface area (Å²) in [5.41, 5.74) is 3.14. The summed E-state index contributed by atoms with van der Waals surface area (Å²) in [6.07, 6.45) is 5.99. The zero-order valence-corrected chi connectivity index (χ0v) is 13.2. The first-order valence-electron chi connectivity index (χ1n) is 8.15. The van der Waals surface area contributed by atoms with Crippen LogP contribution in [0.2, 0.25) is 0 Å². The smallest absolute Gasteiger partial charge is 0.248 e. The van der Waals surface area contributed by atoms with Gasteiger partial charge < -0.3 is 5.32 Å². The highest BCUT2D eigenvalue weighted by Crippen LogP contribution is 2.15. The molecule has 2 aromatic rings. The summed E-state index contributed by atoms with van der Waals surface area (Å²) in [7, 11) is 0. The summed E-state index contributed by atoms with van der Waals surface area (Å²) >= 11 is 0. The van der Waals surface area contributed by atoms with Gasteiger partial charge in [-0.2, -0.15) is 0 Å². The summed E-state index contributed by atoms with van der Waals surface area (Å²) < 4.78 is 0. The van der Waals surface area contributed by atoms with Crippen LogP contribution < -0.4 is 5.32 Å². The Morgan fingerprint density at radius 1 is 1.00 bits per heavy atom. The Kier molecular flexibility index (Phi) is 5.22. The lowest BCUT2D eigenvalue weighted by Gasteiger charge is -2.14. The Morgan fingerprint density at radius 3 is 2.39 bits per heavy atom. The summed E-state index contributed by atoms with van der Waals surface area (Å²) in [5.74, 6) is -0.110. The number of nitrogens with zero attached hydrogens (tertiary/aromatic N) is 1. The molecular weight excluding hydrogens is 284 g/mol. The molecule has 23 heavy (non-hydrogen) atoms. The third kappa shape index (κ3) is 4.80. The molecule has 3 rings (SSSR count). The molecule has 0 aromatic heterocycles. The van der Waals surface area contributed by atoms with Crippen molar-refractivity contribution in [2.24, 2.45) is 0 Å². The molecule has 0 saturated carbocycles. The van der Waals surface area contributed by atoms with E-state index in [1.165, 1.54) is 31.5 Å². The van der Waals surface area contributed by atoms with Crippen molar-refractivity contribution in [1.82, 2.24) is 4.90 Å². The Balaban J connectivity index is 1.53. The molecule has 1 N–H and O–H groups in total. The molecule has 1 heterocycles. The lowest BCUT2D eigenvalue weighted by molar-refractivity contribution is -0.111. The van der Waals surface area contributed by atoms with Gasteiger partial charge >= 0.3 is 0 Å². The molecule has 1 fully saturated rings. The standard InChI is InChI=1S/C20H22N2O/c23-20(13-10-17-6-2-1-3-7-17)21-19-11-8-18(9-12-19)16-22-14-4-5-15-22/h1-3,6-13H,4-5,14-16H2,(H,21,23). The van der Waals surface area contributed by atoms with Crippen LogP contribution >= 0.6 is 0 Å². The number of carbonyl (C=O) groups excluding carboxylic acids is 1. The molecule has 1 amide bonds. The largest absolute Gasteiger partial charge is 0.323 e. The maximum Gasteiger partial charge on any atom is 0.248 e. The van der Waals surface area contributed by atoms with Crippen LogP contribution in [0, 0.1) is 0 Å². The number of hydrogen-bond acceptors (Lipinski definition) is 2. The molecule has 0 radical (unpaired) electrons. The molecule has 1 saturated heterocycles. The average Bonchev–Trinajstić information content (AvgIpc) is 3.09. The van der Waals surface area contributed by atoms with E-state index in [1.54, 1.807) is 6.08 Å². The van der Waals surface area contributed by atoms with E-state index in [4.69, 9.17) is 0 Å². The van der Waals surface area contributed by atoms with Crippen molar-refractivity contribution >= 4 is 17.7 Å². The third-order valence-electron chi connectivity index (χ3n) is 4.05. The molecule has 118 valence electrons. The van der Waals surface area contributed by atoms with Gasteiger partial charge in [0.1, 0.15) is 0 Å². The summed E-state index contributed by atoms with van der Waals surface area (Å²) in [6.45, 7) is 3.40. The molecule has 0 atom stereocenters. The van der Waals surface area contributed by atoms with E-state index < -0.39 is 0 Å². The fourth-order valence-corrected chi connectivity index (χ4v) is 2.81. The second kappa shape index (κ2) is 7.75. The van der Waals surface area contributed by atoms with Crippen molar-refractivity contribution < 1.29 is 4.79 Å². The number of likely N-dealkylation sites (tertiary alicyclic amines) is 1. The number of anilines is 1. The average molecular weight is 306 g/mol. The Labute approximate surface area is 137 Å². The van der Waals surface area contributed by atoms with Gasteiger partial charge in [-0.05, 0) is 55.3 Å². The summed E-state index contributed by atoms with van der Waals surface area (Å²) in [5, 5.41) is 2.89. The monoisotopic (exact) mass is 306 g/mol. The minimum Gasteiger partial charge on any atom is -0.323 e. The van der Waals surface area contributed by atoms with Gasteiger partial charge in [0.25, 0.3) is 0 Å². The highest BCUT2D eigenvalue weighted by molar-refractivity contribution is 6.01. The fourth-order valence-electron chi connectivity index (χ4n) is 2.81. The summed E-state index contributed by atoms with van der Waals surface area (Å²) in [4.78, 5) is 14.4. The molecule has 3 nitrogen and oxygen atoms in total. The van der Waals surface area contributed by atoms with Crippen LogP contribution in [0.25, 0.3) is 6.08 Å². The van der Waals surface area contributed by atoms with Crippen molar-refractivity contribution in [2.45, 2.75) is 19.4 Å². The van der Waals surface area contributed by atoms with Crippen LogP contribution in [-0.2, 0) is 11.3 Å². The quantitative estimate of drug-likeness (QED) is 0.849. The van der Waals surface area contributed by atoms with Crippen LogP contribution in [0.3, 0.4) is 0 Å². The van der Waals surface area contributed by atoms with E-state index in [0.717, 1.165) is 17.8 Å². The Morgan fingerprint density at radius 2 is 1.70 bits per heavy atom. The van der Waals surface area contributed by atoms with Gasteiger partial charge in [-0.15, -0.1) is 0 Å². The van der Waals surface area contributed by atoms with Crippen molar-refractivity contribution in [3.8, 4) is 0 Å². The number of carbonyl (C=O) groups is 1. The third-order valence-corrected chi connectivity index (χ3v) is 4.05. The van der Waals surface area contributed by atoms with Crippen molar-refractivity contribution in [3.63, 3.8) is 0 Å². The van der Waals surface area contributed by atoms with E-state index in [2.05, 4.69) is 22.3 Å². The maximum absolute atomic E-state index is 11.9. The van der Waals surface area contributed by atoms with Crippen LogP contribution in [0.15, 0.2) is 60.7 Å². The molecule has 2 aromatic carbocycles. The van der Waals surface area contributed by atoms with Gasteiger partial charge in [0.05, 0.1) is 0 Å². The number of rotatable bonds is 5. The summed E-state index contributed by atoms with van der Waals surface area (Å²) in [6, 6.07) is 17.9. The van der Waals surface area contributed by atoms with E-state index in [-0.39, 0.29) is 5.91 Å². The predicted octanol–water partition coefficient (Wildman–Crippen LogP) is 3.93. The number of amides is 1. The van der Waals surface area contributed by atoms with Crippen LogP contribution in [-0.4, -0.2) is 23.9 Å². The Hall–Kier alpha value is -2.39. The highest BCUT2D eigenvalue weighted by Gasteiger charge is 2.11. The fraction of sp³-hybridized carbons (Fsp3) is 0.250. The van der Waals surface area contributed by atoms with Gasteiger partial charge in [-0.3, -0.25) is 9.69 Å². The molecule has 1 aliphatic heterocycles. The van der Waals surface area contributed by atoms with Gasteiger partial charge in [0, 0.05) is 18.3 Å². The normalized spacial score (nSPS) is 15.1. The molecule has 0 unspecified atom stereocenters. The first kappa shape index (κ1) is 15.5. The van der Waals surface area contributed by atoms with Gasteiger partial charge in [-0.1, -0.05) is 42.5 Å². The van der Waals surface area contributed by atoms with E-state index in [0.29, 0.717) is 0 Å². The minimum atomic E-state index is -0.110. The van der Waals surface area contributed by atoms with Crippen molar-refractivity contribution in [3.05, 3.63) is 71.8 Å². The van der Waals surface area contributed by atoms with E-state index in [1.807, 2.05) is 48.5 Å². The molecular formula is C20H22N2O. The van der Waals surface area contributed by atoms with Gasteiger partial charge in [0.15, 0.2) is 0 Å². The first-order valence-corrected chi connectivity index (χ1v) is 8.15. The van der Waals surface area contributed by atoms with E-state index in [9.17, 15) is 4.79 Å². The topological polar surface area (TPSA) is 32.3 Å². The Bertz CT molecular complexity index is 656. The molecule has 0 aliphatic carbocycles. The lowest BCUT2D eigenvalue weighted by atomic mass is 10.2. The van der Waals surface area contributed by atoms with Crippen molar-refractivity contribution in [1.29, 1.82) is 0 Å². The molecule has 1 aliphatic rings. The zero-order chi connectivity index (χ0) is 15.9. The molecule has 0 bridgehead atoms. The zero-order valence-electron chi connectivity index (χ0n) is 13.2. The molecule has 0 spiro atoms.